The maximum absolute atomic E-state index is 11.7. The van der Waals surface area contributed by atoms with Crippen molar-refractivity contribution in [1.82, 2.24) is 10.6 Å². The minimum absolute atomic E-state index is 0.0650. The van der Waals surface area contributed by atoms with E-state index in [4.69, 9.17) is 9.47 Å². The van der Waals surface area contributed by atoms with Gasteiger partial charge in [-0.3, -0.25) is 4.79 Å². The fourth-order valence-corrected chi connectivity index (χ4v) is 3.84. The Morgan fingerprint density at radius 3 is 2.18 bits per heavy atom. The first kappa shape index (κ1) is 30.0. The van der Waals surface area contributed by atoms with Crippen LogP contribution in [0.25, 0.3) is 0 Å². The lowest BCUT2D eigenvalue weighted by atomic mass is 9.93. The summed E-state index contributed by atoms with van der Waals surface area (Å²) in [6, 6.07) is 10.7. The third kappa shape index (κ3) is 16.5. The lowest BCUT2D eigenvalue weighted by Crippen LogP contribution is -2.35. The molecule has 0 heterocycles. The molecule has 0 aliphatic rings. The molecule has 34 heavy (non-hydrogen) atoms. The van der Waals surface area contributed by atoms with Crippen LogP contribution in [0.3, 0.4) is 0 Å². The van der Waals surface area contributed by atoms with Gasteiger partial charge in [0.2, 0.25) is 0 Å². The number of nitrogens with one attached hydrogen (secondary N) is 2. The molecule has 0 saturated carbocycles. The van der Waals surface area contributed by atoms with E-state index in [2.05, 4.69) is 47.9 Å². The Labute approximate surface area is 207 Å². The zero-order valence-electron chi connectivity index (χ0n) is 21.8. The summed E-state index contributed by atoms with van der Waals surface area (Å²) < 4.78 is 10.0. The quantitative estimate of drug-likeness (QED) is 0.181. The Kier molecular flexibility index (Phi) is 17.9. The monoisotopic (exact) mass is 476 g/mol. The second-order valence-electron chi connectivity index (χ2n) is 9.41. The highest BCUT2D eigenvalue weighted by Crippen LogP contribution is 2.17. The summed E-state index contributed by atoms with van der Waals surface area (Å²) >= 11 is 0. The van der Waals surface area contributed by atoms with Gasteiger partial charge in [0.15, 0.2) is 0 Å². The number of hydrogen-bond acceptors (Lipinski definition) is 5. The van der Waals surface area contributed by atoms with Gasteiger partial charge in [-0.25, -0.2) is 4.79 Å². The first-order chi connectivity index (χ1) is 16.5. The van der Waals surface area contributed by atoms with Crippen molar-refractivity contribution in [2.45, 2.75) is 85.0 Å². The Balaban J connectivity index is 2.19. The highest BCUT2D eigenvalue weighted by molar-refractivity contribution is 5.71. The van der Waals surface area contributed by atoms with Gasteiger partial charge in [0.25, 0.3) is 0 Å². The molecule has 2 N–H and O–H groups in total. The molecule has 0 bridgehead atoms. The number of ether oxygens (including phenoxy) is 2. The van der Waals surface area contributed by atoms with Gasteiger partial charge in [0.05, 0.1) is 5.92 Å². The molecule has 0 saturated heterocycles. The highest BCUT2D eigenvalue weighted by Gasteiger charge is 2.11. The summed E-state index contributed by atoms with van der Waals surface area (Å²) in [4.78, 5) is 23.1. The minimum atomic E-state index is -0.484. The Bertz CT molecular complexity index is 637. The maximum atomic E-state index is 11.7. The second kappa shape index (κ2) is 20.3. The van der Waals surface area contributed by atoms with Crippen molar-refractivity contribution in [3.63, 3.8) is 0 Å². The number of esters is 1. The van der Waals surface area contributed by atoms with Gasteiger partial charge < -0.3 is 20.1 Å². The number of alkyl carbamates (subject to hydrolysis) is 1. The zero-order chi connectivity index (χ0) is 24.9. The van der Waals surface area contributed by atoms with E-state index < -0.39 is 6.09 Å². The molecule has 1 atom stereocenters. The van der Waals surface area contributed by atoms with E-state index >= 15 is 0 Å². The molecule has 0 spiro atoms. The van der Waals surface area contributed by atoms with Crippen molar-refractivity contribution in [3.05, 3.63) is 35.9 Å². The molecule has 0 aliphatic carbocycles. The van der Waals surface area contributed by atoms with E-state index in [1.165, 1.54) is 63.4 Å². The molecule has 1 amide bonds. The van der Waals surface area contributed by atoms with Crippen molar-refractivity contribution in [3.8, 4) is 0 Å². The van der Waals surface area contributed by atoms with Gasteiger partial charge in [-0.1, -0.05) is 102 Å². The second-order valence-corrected chi connectivity index (χ2v) is 9.41. The van der Waals surface area contributed by atoms with E-state index in [-0.39, 0.29) is 25.1 Å². The number of benzene rings is 1. The number of carbonyl (C=O) groups excluding carboxylic acids is 2. The molecule has 0 aliphatic heterocycles. The smallest absolute Gasteiger partial charge is 0.407 e. The number of rotatable bonds is 20. The van der Waals surface area contributed by atoms with Gasteiger partial charge in [-0.15, -0.1) is 0 Å². The lowest BCUT2D eigenvalue weighted by Gasteiger charge is -2.18. The number of amides is 1. The van der Waals surface area contributed by atoms with Gasteiger partial charge in [-0.05, 0) is 30.9 Å². The number of carbonyl (C=O) groups is 2. The van der Waals surface area contributed by atoms with E-state index in [0.29, 0.717) is 19.0 Å². The third-order valence-corrected chi connectivity index (χ3v) is 5.87. The van der Waals surface area contributed by atoms with E-state index in [9.17, 15) is 9.59 Å². The van der Waals surface area contributed by atoms with Crippen LogP contribution in [0, 0.1) is 11.8 Å². The molecular weight excluding hydrogens is 428 g/mol. The molecule has 6 nitrogen and oxygen atoms in total. The van der Waals surface area contributed by atoms with Crippen molar-refractivity contribution < 1.29 is 19.1 Å². The first-order valence-corrected chi connectivity index (χ1v) is 13.3. The van der Waals surface area contributed by atoms with E-state index in [1.807, 2.05) is 0 Å². The van der Waals surface area contributed by atoms with Gasteiger partial charge in [0.1, 0.15) is 13.2 Å². The fraction of sp³-hybridized carbons (Fsp3) is 0.714. The predicted molar refractivity (Wildman–Crippen MR) is 139 cm³/mol. The van der Waals surface area contributed by atoms with Crippen LogP contribution in [0.2, 0.25) is 0 Å². The minimum Gasteiger partial charge on any atom is -0.462 e. The SMILES string of the molecule is CCCCCCCCCCC(CNCCNC(=O)OCCOC(=O)C(C)C)Cc1ccccc1. The molecule has 194 valence electrons. The number of unbranched alkanes of at least 4 members (excludes halogenated alkanes) is 7. The maximum Gasteiger partial charge on any atom is 0.407 e. The van der Waals surface area contributed by atoms with Crippen molar-refractivity contribution in [2.75, 3.05) is 32.8 Å². The molecule has 1 aromatic rings. The molecular formula is C28H48N2O4. The zero-order valence-corrected chi connectivity index (χ0v) is 21.8. The van der Waals surface area contributed by atoms with Crippen molar-refractivity contribution in [1.29, 1.82) is 0 Å². The van der Waals surface area contributed by atoms with Crippen molar-refractivity contribution in [2.24, 2.45) is 11.8 Å². The topological polar surface area (TPSA) is 76.7 Å². The molecule has 6 heteroatoms. The summed E-state index contributed by atoms with van der Waals surface area (Å²) in [5, 5.41) is 6.23. The summed E-state index contributed by atoms with van der Waals surface area (Å²) in [5.41, 5.74) is 1.38. The summed E-state index contributed by atoms with van der Waals surface area (Å²) in [6.45, 7) is 8.08. The molecule has 1 unspecified atom stereocenters. The summed E-state index contributed by atoms with van der Waals surface area (Å²) in [6.07, 6.45) is 12.5. The van der Waals surface area contributed by atoms with Crippen LogP contribution in [0.1, 0.15) is 84.1 Å². The molecule has 0 fully saturated rings. The Morgan fingerprint density at radius 1 is 0.853 bits per heavy atom. The largest absolute Gasteiger partial charge is 0.462 e. The molecule has 1 rings (SSSR count). The van der Waals surface area contributed by atoms with E-state index in [0.717, 1.165) is 13.0 Å². The number of hydrogen-bond donors (Lipinski definition) is 2. The summed E-state index contributed by atoms with van der Waals surface area (Å²) in [7, 11) is 0. The van der Waals surface area contributed by atoms with Crippen LogP contribution < -0.4 is 10.6 Å². The van der Waals surface area contributed by atoms with Crippen LogP contribution >= 0.6 is 0 Å². The first-order valence-electron chi connectivity index (χ1n) is 13.3. The Morgan fingerprint density at radius 2 is 1.50 bits per heavy atom. The van der Waals surface area contributed by atoms with Crippen LogP contribution in [0.4, 0.5) is 4.79 Å². The molecule has 0 radical (unpaired) electrons. The van der Waals surface area contributed by atoms with Crippen molar-refractivity contribution >= 4 is 12.1 Å². The lowest BCUT2D eigenvalue weighted by molar-refractivity contribution is -0.148. The highest BCUT2D eigenvalue weighted by atomic mass is 16.6. The van der Waals surface area contributed by atoms with Gasteiger partial charge >= 0.3 is 12.1 Å². The fourth-order valence-electron chi connectivity index (χ4n) is 3.84. The van der Waals surface area contributed by atoms with Crippen LogP contribution in [-0.4, -0.2) is 44.9 Å². The Hall–Kier alpha value is -2.08. The van der Waals surface area contributed by atoms with Gasteiger partial charge in [0, 0.05) is 13.1 Å². The third-order valence-electron chi connectivity index (χ3n) is 5.87. The molecule has 0 aromatic heterocycles. The molecule has 1 aromatic carbocycles. The van der Waals surface area contributed by atoms with Crippen LogP contribution in [-0.2, 0) is 20.7 Å². The van der Waals surface area contributed by atoms with E-state index in [1.54, 1.807) is 13.8 Å². The average molecular weight is 477 g/mol. The average Bonchev–Trinajstić information content (AvgIpc) is 2.83. The van der Waals surface area contributed by atoms with Crippen LogP contribution in [0.5, 0.6) is 0 Å². The van der Waals surface area contributed by atoms with Gasteiger partial charge in [-0.2, -0.15) is 0 Å². The predicted octanol–water partition coefficient (Wildman–Crippen LogP) is 5.89. The normalized spacial score (nSPS) is 11.9. The van der Waals surface area contributed by atoms with Crippen LogP contribution in [0.15, 0.2) is 30.3 Å². The standard InChI is InChI=1S/C28H48N2O4/c1-4-5-6-7-8-9-10-12-17-26(22-25-15-13-11-14-16-25)23-29-18-19-30-28(32)34-21-20-33-27(31)24(2)3/h11,13-16,24,26,29H,4-10,12,17-23H2,1-3H3,(H,30,32). The summed E-state index contributed by atoms with van der Waals surface area (Å²) in [5.74, 6) is 0.122.